The van der Waals surface area contributed by atoms with Crippen LogP contribution in [0.5, 0.6) is 0 Å². The van der Waals surface area contributed by atoms with E-state index in [1.54, 1.807) is 0 Å². The lowest BCUT2D eigenvalue weighted by Crippen LogP contribution is -2.23. The second kappa shape index (κ2) is 10.9. The highest BCUT2D eigenvalue weighted by molar-refractivity contribution is 6.30. The van der Waals surface area contributed by atoms with Gasteiger partial charge in [0.25, 0.3) is 6.36 Å². The van der Waals surface area contributed by atoms with E-state index in [9.17, 15) is 9.18 Å². The van der Waals surface area contributed by atoms with Crippen molar-refractivity contribution in [3.8, 4) is 11.1 Å². The van der Waals surface area contributed by atoms with Gasteiger partial charge in [-0.1, -0.05) is 78.3 Å². The highest BCUT2D eigenvalue weighted by Gasteiger charge is 2.30. The van der Waals surface area contributed by atoms with Gasteiger partial charge in [0.15, 0.2) is 0 Å². The zero-order chi connectivity index (χ0) is 22.2. The number of benzene rings is 3. The lowest BCUT2D eigenvalue weighted by atomic mass is 9.98. The van der Waals surface area contributed by atoms with Crippen LogP contribution in [-0.4, -0.2) is 42.9 Å². The molecule has 0 spiro atoms. The van der Waals surface area contributed by atoms with Gasteiger partial charge in [-0.25, -0.2) is 4.79 Å². The summed E-state index contributed by atoms with van der Waals surface area (Å²) >= 11 is 5.54. The molecule has 0 radical (unpaired) electrons. The van der Waals surface area contributed by atoms with E-state index in [0.29, 0.717) is 6.54 Å². The third kappa shape index (κ3) is 6.81. The maximum atomic E-state index is 13.1. The Morgan fingerprint density at radius 3 is 2.19 bits per heavy atom. The molecule has 1 heterocycles. The third-order valence-corrected chi connectivity index (χ3v) is 4.98. The van der Waals surface area contributed by atoms with E-state index in [1.807, 2.05) is 80.8 Å². The molecule has 1 atom stereocenters. The van der Waals surface area contributed by atoms with Gasteiger partial charge in [-0.05, 0) is 48.5 Å². The summed E-state index contributed by atoms with van der Waals surface area (Å²) in [7, 11) is 4.10. The van der Waals surface area contributed by atoms with E-state index < -0.39 is 12.5 Å². The van der Waals surface area contributed by atoms with Crippen LogP contribution >= 0.6 is 11.6 Å². The van der Waals surface area contributed by atoms with Crippen molar-refractivity contribution in [3.63, 3.8) is 0 Å². The highest BCUT2D eigenvalue weighted by Crippen LogP contribution is 2.25. The average Bonchev–Trinajstić information content (AvgIpc) is 3.06. The third-order valence-electron chi connectivity index (χ3n) is 4.73. The summed E-state index contributed by atoms with van der Waals surface area (Å²) in [6.45, 7) is 1.22. The fourth-order valence-corrected chi connectivity index (χ4v) is 3.45. The maximum absolute atomic E-state index is 13.1. The predicted molar refractivity (Wildman–Crippen MR) is 123 cm³/mol. The molecule has 3 aromatic rings. The summed E-state index contributed by atoms with van der Waals surface area (Å²) in [6, 6.07) is 25.8. The van der Waals surface area contributed by atoms with Crippen molar-refractivity contribution in [3.05, 3.63) is 95.0 Å². The summed E-state index contributed by atoms with van der Waals surface area (Å²) in [5.74, 6) is 0. The van der Waals surface area contributed by atoms with Crippen LogP contribution in [0, 0.1) is 0 Å². The molecule has 1 fully saturated rings. The van der Waals surface area contributed by atoms with Crippen LogP contribution < -0.4 is 0 Å². The second-order valence-corrected chi connectivity index (χ2v) is 8.00. The first-order chi connectivity index (χ1) is 14.9. The zero-order valence-corrected chi connectivity index (χ0v) is 18.4. The Kier molecular flexibility index (Phi) is 8.04. The molecule has 1 unspecified atom stereocenters. The Morgan fingerprint density at radius 2 is 1.65 bits per heavy atom. The molecule has 3 aromatic carbocycles. The van der Waals surface area contributed by atoms with Gasteiger partial charge < -0.3 is 9.64 Å². The van der Waals surface area contributed by atoms with E-state index in [1.165, 1.54) is 16.0 Å². The molecule has 1 amide bonds. The molecule has 6 heteroatoms. The number of alkyl halides is 1. The molecule has 1 aliphatic heterocycles. The van der Waals surface area contributed by atoms with Crippen molar-refractivity contribution in [1.82, 2.24) is 9.80 Å². The first-order valence-corrected chi connectivity index (χ1v) is 10.4. The van der Waals surface area contributed by atoms with Crippen molar-refractivity contribution >= 4 is 17.7 Å². The highest BCUT2D eigenvalue weighted by atomic mass is 35.5. The second-order valence-electron chi connectivity index (χ2n) is 7.56. The number of rotatable bonds is 5. The molecule has 1 aliphatic rings. The van der Waals surface area contributed by atoms with Gasteiger partial charge in [0.1, 0.15) is 0 Å². The number of halogens is 2. The van der Waals surface area contributed by atoms with E-state index in [4.69, 9.17) is 11.6 Å². The fourth-order valence-electron chi connectivity index (χ4n) is 3.30. The van der Waals surface area contributed by atoms with Crippen LogP contribution in [0.4, 0.5) is 9.18 Å². The van der Waals surface area contributed by atoms with Gasteiger partial charge in [-0.3, -0.25) is 4.90 Å². The minimum atomic E-state index is -1.52. The molecule has 0 aliphatic carbocycles. The molecule has 4 nitrogen and oxygen atoms in total. The van der Waals surface area contributed by atoms with Crippen molar-refractivity contribution in [1.29, 1.82) is 0 Å². The van der Waals surface area contributed by atoms with E-state index in [0.717, 1.165) is 22.7 Å². The van der Waals surface area contributed by atoms with Crippen LogP contribution in [0.1, 0.15) is 11.1 Å². The summed E-state index contributed by atoms with van der Waals surface area (Å²) in [5, 5.41) is 0.794. The van der Waals surface area contributed by atoms with Crippen LogP contribution in [-0.2, 0) is 17.8 Å². The lowest BCUT2D eigenvalue weighted by molar-refractivity contribution is 0.0574. The number of amides is 1. The van der Waals surface area contributed by atoms with Crippen molar-refractivity contribution < 1.29 is 13.9 Å². The summed E-state index contributed by atoms with van der Waals surface area (Å²) in [5.41, 5.74) is 4.54. The number of hydrogen-bond acceptors (Lipinski definition) is 3. The molecule has 0 N–H and O–H groups in total. The minimum absolute atomic E-state index is 0.00769. The van der Waals surface area contributed by atoms with Gasteiger partial charge in [-0.15, -0.1) is 0 Å². The number of nitrogens with zero attached hydrogens (tertiary/aromatic N) is 2. The normalized spacial score (nSPS) is 15.5. The summed E-state index contributed by atoms with van der Waals surface area (Å²) in [4.78, 5) is 15.0. The average molecular weight is 441 g/mol. The van der Waals surface area contributed by atoms with E-state index >= 15 is 0 Å². The van der Waals surface area contributed by atoms with Crippen molar-refractivity contribution in [2.24, 2.45) is 0 Å². The van der Waals surface area contributed by atoms with Crippen LogP contribution in [0.25, 0.3) is 11.1 Å². The SMILES string of the molecule is CN(C)Cc1ccccc1-c1ccc(CN2CC(F)OC2=O)cc1.Clc1ccccc1. The smallest absolute Gasteiger partial charge is 0.412 e. The Morgan fingerprint density at radius 1 is 1.00 bits per heavy atom. The van der Waals surface area contributed by atoms with E-state index in [-0.39, 0.29) is 6.54 Å². The molecular formula is C25H26ClFN2O2. The van der Waals surface area contributed by atoms with Gasteiger partial charge in [0.2, 0.25) is 0 Å². The maximum Gasteiger partial charge on any atom is 0.412 e. The van der Waals surface area contributed by atoms with Crippen molar-refractivity contribution in [2.45, 2.75) is 19.4 Å². The van der Waals surface area contributed by atoms with Crippen LogP contribution in [0.2, 0.25) is 5.02 Å². The van der Waals surface area contributed by atoms with Gasteiger partial charge in [0, 0.05) is 18.1 Å². The fraction of sp³-hybridized carbons (Fsp3) is 0.240. The Hall–Kier alpha value is -2.89. The summed E-state index contributed by atoms with van der Waals surface area (Å²) < 4.78 is 17.6. The van der Waals surface area contributed by atoms with Gasteiger partial charge in [-0.2, -0.15) is 4.39 Å². The first-order valence-electron chi connectivity index (χ1n) is 10.0. The zero-order valence-electron chi connectivity index (χ0n) is 17.7. The molecule has 0 aromatic heterocycles. The Balaban J connectivity index is 0.000000330. The molecule has 0 bridgehead atoms. The predicted octanol–water partition coefficient (Wildman–Crippen LogP) is 6.00. The number of cyclic esters (lactones) is 1. The quantitative estimate of drug-likeness (QED) is 0.487. The van der Waals surface area contributed by atoms with Gasteiger partial charge >= 0.3 is 6.09 Å². The number of ether oxygens (including phenoxy) is 1. The van der Waals surface area contributed by atoms with E-state index in [2.05, 4.69) is 21.8 Å². The van der Waals surface area contributed by atoms with Gasteiger partial charge in [0.05, 0.1) is 6.54 Å². The molecular weight excluding hydrogens is 415 g/mol. The van der Waals surface area contributed by atoms with Crippen LogP contribution in [0.15, 0.2) is 78.9 Å². The largest absolute Gasteiger partial charge is 0.413 e. The standard InChI is InChI=1S/C19H21FN2O2.C6H5Cl/c1-21(2)12-16-5-3-4-6-17(16)15-9-7-14(8-10-15)11-22-13-18(20)24-19(22)23;7-6-4-2-1-3-5-6/h3-10,18H,11-13H2,1-2H3;1-5H. The number of carbonyl (C=O) groups is 1. The van der Waals surface area contributed by atoms with Crippen molar-refractivity contribution in [2.75, 3.05) is 20.6 Å². The minimum Gasteiger partial charge on any atom is -0.413 e. The monoisotopic (exact) mass is 440 g/mol. The molecule has 4 rings (SSSR count). The lowest BCUT2D eigenvalue weighted by Gasteiger charge is -2.15. The Labute approximate surface area is 187 Å². The first kappa shape index (κ1) is 22.8. The molecule has 0 saturated carbocycles. The summed E-state index contributed by atoms with van der Waals surface area (Å²) in [6.07, 6.45) is -2.11. The number of hydrogen-bond donors (Lipinski definition) is 0. The molecule has 31 heavy (non-hydrogen) atoms. The topological polar surface area (TPSA) is 32.8 Å². The van der Waals surface area contributed by atoms with Crippen LogP contribution in [0.3, 0.4) is 0 Å². The number of carbonyl (C=O) groups excluding carboxylic acids is 1. The Bertz CT molecular complexity index is 980. The molecule has 1 saturated heterocycles. The molecule has 162 valence electrons.